The normalized spacial score (nSPS) is 17.9. The van der Waals surface area contributed by atoms with Gasteiger partial charge in [-0.1, -0.05) is 12.2 Å². The first-order valence-corrected chi connectivity index (χ1v) is 7.76. The Morgan fingerprint density at radius 2 is 1.40 bits per heavy atom. The predicted molar refractivity (Wildman–Crippen MR) is 86.7 cm³/mol. The monoisotopic (exact) mass is 267 g/mol. The Kier molecular flexibility index (Phi) is 3.24. The number of nitrogens with zero attached hydrogens (tertiary/aromatic N) is 1. The largest absolute Gasteiger partial charge is 0.345 e. The number of fused-ring (bicyclic) bond motifs is 1. The van der Waals surface area contributed by atoms with Crippen LogP contribution in [0.3, 0.4) is 0 Å². The van der Waals surface area contributed by atoms with Gasteiger partial charge in [0.1, 0.15) is 0 Å². The summed E-state index contributed by atoms with van der Waals surface area (Å²) in [6.07, 6.45) is 8.45. The van der Waals surface area contributed by atoms with Crippen LogP contribution in [0, 0.1) is 34.6 Å². The smallest absolute Gasteiger partial charge is 0.0449 e. The third-order valence-corrected chi connectivity index (χ3v) is 5.37. The lowest BCUT2D eigenvalue weighted by Gasteiger charge is -2.30. The summed E-state index contributed by atoms with van der Waals surface area (Å²) >= 11 is 0. The molecule has 0 N–H and O–H groups in total. The number of benzene rings is 1. The Hall–Kier alpha value is -1.50. The molecule has 0 aromatic heterocycles. The Bertz CT molecular complexity index is 603. The van der Waals surface area contributed by atoms with Gasteiger partial charge in [0.05, 0.1) is 0 Å². The molecule has 0 aliphatic carbocycles. The summed E-state index contributed by atoms with van der Waals surface area (Å²) in [6.45, 7) is 12.6. The van der Waals surface area contributed by atoms with Gasteiger partial charge in [0, 0.05) is 23.5 Å². The zero-order valence-corrected chi connectivity index (χ0v) is 13.4. The molecule has 1 heteroatoms. The number of rotatable bonds is 1. The maximum atomic E-state index is 2.55. The van der Waals surface area contributed by atoms with Gasteiger partial charge < -0.3 is 4.90 Å². The van der Waals surface area contributed by atoms with E-state index in [1.165, 1.54) is 64.2 Å². The van der Waals surface area contributed by atoms with Gasteiger partial charge in [0.25, 0.3) is 0 Å². The standard InChI is InChI=1S/C19H25N/c1-12-13(2)15(4)19(16(5)14(12)3)18-10-6-8-17-9-7-11-20(17)18/h8,10H,6-7,9,11H2,1-5H3. The zero-order valence-electron chi connectivity index (χ0n) is 13.4. The molecule has 0 bridgehead atoms. The van der Waals surface area contributed by atoms with Crippen molar-refractivity contribution in [3.63, 3.8) is 0 Å². The van der Waals surface area contributed by atoms with Crippen LogP contribution in [0.1, 0.15) is 52.6 Å². The third kappa shape index (κ3) is 1.83. The van der Waals surface area contributed by atoms with Crippen molar-refractivity contribution >= 4 is 5.70 Å². The van der Waals surface area contributed by atoms with Crippen LogP contribution in [0.4, 0.5) is 0 Å². The summed E-state index contributed by atoms with van der Waals surface area (Å²) in [5.41, 5.74) is 11.8. The SMILES string of the molecule is Cc1c(C)c(C)c(C2=CCC=C3CCCN32)c(C)c1C. The molecule has 20 heavy (non-hydrogen) atoms. The highest BCUT2D eigenvalue weighted by Gasteiger charge is 2.26. The van der Waals surface area contributed by atoms with E-state index in [2.05, 4.69) is 51.7 Å². The maximum Gasteiger partial charge on any atom is 0.0449 e. The lowest BCUT2D eigenvalue weighted by Crippen LogP contribution is -2.20. The highest BCUT2D eigenvalue weighted by Crippen LogP contribution is 2.39. The van der Waals surface area contributed by atoms with Crippen LogP contribution in [-0.2, 0) is 0 Å². The summed E-state index contributed by atoms with van der Waals surface area (Å²) in [5, 5.41) is 0. The molecular formula is C19H25N. The van der Waals surface area contributed by atoms with E-state index in [9.17, 15) is 0 Å². The number of hydrogen-bond acceptors (Lipinski definition) is 1. The average molecular weight is 267 g/mol. The van der Waals surface area contributed by atoms with Crippen LogP contribution < -0.4 is 0 Å². The summed E-state index contributed by atoms with van der Waals surface area (Å²) in [4.78, 5) is 2.55. The third-order valence-electron chi connectivity index (χ3n) is 5.37. The van der Waals surface area contributed by atoms with Gasteiger partial charge >= 0.3 is 0 Å². The fourth-order valence-electron chi connectivity index (χ4n) is 3.72. The molecule has 3 rings (SSSR count). The molecule has 1 nitrogen and oxygen atoms in total. The first kappa shape index (κ1) is 13.5. The fraction of sp³-hybridized carbons (Fsp3) is 0.474. The number of allylic oxidation sites excluding steroid dienone is 3. The van der Waals surface area contributed by atoms with E-state index in [0.717, 1.165) is 6.42 Å². The van der Waals surface area contributed by atoms with Gasteiger partial charge in [-0.15, -0.1) is 0 Å². The van der Waals surface area contributed by atoms with Crippen LogP contribution in [0.5, 0.6) is 0 Å². The van der Waals surface area contributed by atoms with Gasteiger partial charge in [-0.3, -0.25) is 0 Å². The molecule has 1 aromatic carbocycles. The van der Waals surface area contributed by atoms with Crippen LogP contribution in [0.2, 0.25) is 0 Å². The average Bonchev–Trinajstić information content (AvgIpc) is 2.92. The zero-order chi connectivity index (χ0) is 14.4. The van der Waals surface area contributed by atoms with E-state index in [0.29, 0.717) is 0 Å². The van der Waals surface area contributed by atoms with E-state index in [1.54, 1.807) is 0 Å². The van der Waals surface area contributed by atoms with Crippen LogP contribution >= 0.6 is 0 Å². The second-order valence-corrected chi connectivity index (χ2v) is 6.28. The summed E-state index contributed by atoms with van der Waals surface area (Å²) in [7, 11) is 0. The van der Waals surface area contributed by atoms with Gasteiger partial charge in [0.2, 0.25) is 0 Å². The van der Waals surface area contributed by atoms with E-state index in [-0.39, 0.29) is 0 Å². The molecule has 0 spiro atoms. The van der Waals surface area contributed by atoms with Crippen molar-refractivity contribution in [2.24, 2.45) is 0 Å². The molecule has 2 aliphatic heterocycles. The van der Waals surface area contributed by atoms with E-state index in [4.69, 9.17) is 0 Å². The molecule has 0 unspecified atom stereocenters. The summed E-state index contributed by atoms with van der Waals surface area (Å²) < 4.78 is 0. The van der Waals surface area contributed by atoms with Gasteiger partial charge in [-0.05, 0) is 81.7 Å². The number of hydrogen-bond donors (Lipinski definition) is 0. The molecule has 2 heterocycles. The summed E-state index contributed by atoms with van der Waals surface area (Å²) in [6, 6.07) is 0. The van der Waals surface area contributed by atoms with Crippen molar-refractivity contribution < 1.29 is 0 Å². The lowest BCUT2D eigenvalue weighted by molar-refractivity contribution is 0.549. The molecular weight excluding hydrogens is 242 g/mol. The molecule has 106 valence electrons. The second kappa shape index (κ2) is 4.80. The van der Waals surface area contributed by atoms with Crippen molar-refractivity contribution in [3.05, 3.63) is 51.2 Å². The van der Waals surface area contributed by atoms with Gasteiger partial charge in [-0.25, -0.2) is 0 Å². The predicted octanol–water partition coefficient (Wildman–Crippen LogP) is 4.95. The molecule has 1 fully saturated rings. The fourth-order valence-corrected chi connectivity index (χ4v) is 3.72. The van der Waals surface area contributed by atoms with Crippen molar-refractivity contribution in [1.82, 2.24) is 4.90 Å². The quantitative estimate of drug-likeness (QED) is 0.695. The highest BCUT2D eigenvalue weighted by molar-refractivity contribution is 5.75. The van der Waals surface area contributed by atoms with E-state index in [1.807, 2.05) is 0 Å². The van der Waals surface area contributed by atoms with Crippen LogP contribution in [0.25, 0.3) is 5.70 Å². The molecule has 1 saturated heterocycles. The first-order valence-electron chi connectivity index (χ1n) is 7.76. The minimum atomic E-state index is 1.09. The lowest BCUT2D eigenvalue weighted by atomic mass is 9.87. The Balaban J connectivity index is 2.18. The Labute approximate surface area is 123 Å². The molecule has 2 aliphatic rings. The minimum Gasteiger partial charge on any atom is -0.345 e. The molecule has 0 atom stereocenters. The van der Waals surface area contributed by atoms with Gasteiger partial charge in [0.15, 0.2) is 0 Å². The van der Waals surface area contributed by atoms with E-state index >= 15 is 0 Å². The Morgan fingerprint density at radius 1 is 0.800 bits per heavy atom. The van der Waals surface area contributed by atoms with Gasteiger partial charge in [-0.2, -0.15) is 0 Å². The van der Waals surface area contributed by atoms with Crippen LogP contribution in [-0.4, -0.2) is 11.4 Å². The second-order valence-electron chi connectivity index (χ2n) is 6.28. The minimum absolute atomic E-state index is 1.09. The van der Waals surface area contributed by atoms with Crippen molar-refractivity contribution in [2.75, 3.05) is 6.54 Å². The highest BCUT2D eigenvalue weighted by atomic mass is 15.2. The maximum absolute atomic E-state index is 2.55. The summed E-state index contributed by atoms with van der Waals surface area (Å²) in [5.74, 6) is 0. The van der Waals surface area contributed by atoms with Crippen molar-refractivity contribution in [1.29, 1.82) is 0 Å². The van der Waals surface area contributed by atoms with Crippen molar-refractivity contribution in [3.8, 4) is 0 Å². The van der Waals surface area contributed by atoms with Crippen LogP contribution in [0.15, 0.2) is 17.8 Å². The van der Waals surface area contributed by atoms with E-state index < -0.39 is 0 Å². The Morgan fingerprint density at radius 3 is 2.05 bits per heavy atom. The molecule has 1 aromatic rings. The molecule has 0 amide bonds. The molecule has 0 saturated carbocycles. The molecule has 0 radical (unpaired) electrons. The first-order chi connectivity index (χ1) is 9.52. The topological polar surface area (TPSA) is 3.24 Å². The van der Waals surface area contributed by atoms with Crippen molar-refractivity contribution in [2.45, 2.75) is 53.9 Å².